The van der Waals surface area contributed by atoms with Crippen LogP contribution in [0.3, 0.4) is 0 Å². The van der Waals surface area contributed by atoms with Crippen LogP contribution >= 0.6 is 15.9 Å². The Kier molecular flexibility index (Phi) is 3.37. The van der Waals surface area contributed by atoms with Crippen LogP contribution in [0, 0.1) is 12.7 Å². The van der Waals surface area contributed by atoms with E-state index < -0.39 is 5.82 Å². The van der Waals surface area contributed by atoms with Crippen LogP contribution in [0.4, 0.5) is 10.1 Å². The lowest BCUT2D eigenvalue weighted by atomic mass is 9.97. The zero-order valence-electron chi connectivity index (χ0n) is 11.2. The van der Waals surface area contributed by atoms with Crippen molar-refractivity contribution >= 4 is 33.4 Å². The average molecular weight is 348 g/mol. The van der Waals surface area contributed by atoms with Crippen LogP contribution in [0.5, 0.6) is 0 Å². The molecule has 5 heteroatoms. The number of fused-ring (bicyclic) bond motifs is 1. The summed E-state index contributed by atoms with van der Waals surface area (Å²) in [6, 6.07) is 9.81. The van der Waals surface area contributed by atoms with Gasteiger partial charge < -0.3 is 0 Å². The maximum Gasteiger partial charge on any atom is 0.265 e. The van der Waals surface area contributed by atoms with Crippen LogP contribution in [0.25, 0.3) is 0 Å². The zero-order valence-corrected chi connectivity index (χ0v) is 12.8. The summed E-state index contributed by atoms with van der Waals surface area (Å²) >= 11 is 3.09. The molecule has 3 rings (SSSR count). The maximum atomic E-state index is 13.5. The molecule has 0 atom stereocenters. The Balaban J connectivity index is 2.14. The summed E-state index contributed by atoms with van der Waals surface area (Å²) in [5.74, 6) is -1.10. The molecule has 0 spiro atoms. The van der Waals surface area contributed by atoms with Crippen molar-refractivity contribution in [3.8, 4) is 0 Å². The van der Waals surface area contributed by atoms with E-state index in [0.717, 1.165) is 10.5 Å². The third-order valence-electron chi connectivity index (χ3n) is 3.52. The van der Waals surface area contributed by atoms with Crippen LogP contribution in [-0.4, -0.2) is 11.8 Å². The van der Waals surface area contributed by atoms with Crippen molar-refractivity contribution in [3.63, 3.8) is 0 Å². The quantitative estimate of drug-likeness (QED) is 0.738. The molecule has 0 N–H and O–H groups in total. The summed E-state index contributed by atoms with van der Waals surface area (Å²) in [4.78, 5) is 26.0. The lowest BCUT2D eigenvalue weighted by Gasteiger charge is -2.28. The van der Waals surface area contributed by atoms with Crippen LogP contribution in [0.1, 0.15) is 21.5 Å². The first-order valence-electron chi connectivity index (χ1n) is 6.40. The molecule has 0 aliphatic carbocycles. The molecule has 21 heavy (non-hydrogen) atoms. The van der Waals surface area contributed by atoms with Gasteiger partial charge in [-0.3, -0.25) is 9.59 Å². The summed E-state index contributed by atoms with van der Waals surface area (Å²) in [7, 11) is 0. The third-order valence-corrected chi connectivity index (χ3v) is 4.13. The summed E-state index contributed by atoms with van der Waals surface area (Å²) in [5, 5.41) is 0. The highest BCUT2D eigenvalue weighted by Gasteiger charge is 2.32. The van der Waals surface area contributed by atoms with Gasteiger partial charge in [0.05, 0.1) is 16.6 Å². The van der Waals surface area contributed by atoms with Gasteiger partial charge in [-0.15, -0.1) is 0 Å². The monoisotopic (exact) mass is 347 g/mol. The molecule has 1 aliphatic rings. The van der Waals surface area contributed by atoms with E-state index in [9.17, 15) is 14.0 Å². The molecule has 0 unspecified atom stereocenters. The van der Waals surface area contributed by atoms with Gasteiger partial charge in [0.2, 0.25) is 5.91 Å². The van der Waals surface area contributed by atoms with E-state index in [4.69, 9.17) is 0 Å². The molecule has 2 aromatic carbocycles. The van der Waals surface area contributed by atoms with E-state index in [2.05, 4.69) is 15.9 Å². The summed E-state index contributed by atoms with van der Waals surface area (Å²) in [5.41, 5.74) is 2.18. The SMILES string of the molecule is Cc1cc(F)c(Br)cc1N1C(=O)Cc2ccccc2C1=O. The number of anilines is 1. The Hall–Kier alpha value is -2.01. The lowest BCUT2D eigenvalue weighted by Crippen LogP contribution is -2.42. The van der Waals surface area contributed by atoms with Crippen molar-refractivity contribution in [1.82, 2.24) is 0 Å². The standard InChI is InChI=1S/C16H11BrFNO2/c1-9-6-13(18)12(17)8-14(9)19-15(20)7-10-4-2-3-5-11(10)16(19)21/h2-6,8H,7H2,1H3. The number of carbonyl (C=O) groups excluding carboxylic acids is 2. The van der Waals surface area contributed by atoms with Crippen LogP contribution in [0.15, 0.2) is 40.9 Å². The molecule has 2 amide bonds. The third kappa shape index (κ3) is 2.27. The largest absolute Gasteiger partial charge is 0.274 e. The second kappa shape index (κ2) is 5.07. The minimum atomic E-state index is -0.423. The molecular formula is C16H11BrFNO2. The van der Waals surface area contributed by atoms with Crippen molar-refractivity contribution < 1.29 is 14.0 Å². The van der Waals surface area contributed by atoms with Crippen molar-refractivity contribution in [1.29, 1.82) is 0 Å². The van der Waals surface area contributed by atoms with E-state index in [1.807, 2.05) is 0 Å². The maximum absolute atomic E-state index is 13.5. The number of carbonyl (C=O) groups is 2. The van der Waals surface area contributed by atoms with Crippen LogP contribution < -0.4 is 4.90 Å². The highest BCUT2D eigenvalue weighted by atomic mass is 79.9. The van der Waals surface area contributed by atoms with Crippen LogP contribution in [-0.2, 0) is 11.2 Å². The smallest absolute Gasteiger partial charge is 0.265 e. The van der Waals surface area contributed by atoms with Gasteiger partial charge in [-0.1, -0.05) is 18.2 Å². The number of hydrogen-bond donors (Lipinski definition) is 0. The molecule has 0 fully saturated rings. The van der Waals surface area contributed by atoms with Gasteiger partial charge in [0, 0.05) is 5.56 Å². The summed E-state index contributed by atoms with van der Waals surface area (Å²) < 4.78 is 13.7. The Morgan fingerprint density at radius 2 is 1.90 bits per heavy atom. The van der Waals surface area contributed by atoms with E-state index in [1.54, 1.807) is 31.2 Å². The number of imide groups is 1. The first-order valence-corrected chi connectivity index (χ1v) is 7.19. The number of halogens is 2. The predicted molar refractivity (Wildman–Crippen MR) is 80.8 cm³/mol. The number of hydrogen-bond acceptors (Lipinski definition) is 2. The number of rotatable bonds is 1. The van der Waals surface area contributed by atoms with Gasteiger partial charge in [-0.2, -0.15) is 0 Å². The van der Waals surface area contributed by atoms with Gasteiger partial charge in [0.1, 0.15) is 5.82 Å². The number of aryl methyl sites for hydroxylation is 1. The molecule has 0 bridgehead atoms. The van der Waals surface area contributed by atoms with Crippen molar-refractivity contribution in [2.45, 2.75) is 13.3 Å². The Morgan fingerprint density at radius 3 is 2.67 bits per heavy atom. The summed E-state index contributed by atoms with van der Waals surface area (Å²) in [6.07, 6.45) is 0.163. The second-order valence-corrected chi connectivity index (χ2v) is 5.78. The van der Waals surface area contributed by atoms with E-state index in [-0.39, 0.29) is 22.7 Å². The normalized spacial score (nSPS) is 14.3. The Bertz CT molecular complexity index is 773. The fourth-order valence-electron chi connectivity index (χ4n) is 2.48. The van der Waals surface area contributed by atoms with Gasteiger partial charge in [-0.05, 0) is 52.2 Å². The predicted octanol–water partition coefficient (Wildman–Crippen LogP) is 3.63. The van der Waals surface area contributed by atoms with Crippen LogP contribution in [0.2, 0.25) is 0 Å². The molecule has 0 aromatic heterocycles. The zero-order chi connectivity index (χ0) is 15.1. The number of nitrogens with zero attached hydrogens (tertiary/aromatic N) is 1. The van der Waals surface area contributed by atoms with E-state index in [1.165, 1.54) is 12.1 Å². The van der Waals surface area contributed by atoms with E-state index >= 15 is 0 Å². The number of benzene rings is 2. The van der Waals surface area contributed by atoms with Crippen molar-refractivity contribution in [2.75, 3.05) is 4.90 Å². The first-order chi connectivity index (χ1) is 9.99. The molecule has 1 aliphatic heterocycles. The topological polar surface area (TPSA) is 37.4 Å². The molecule has 0 radical (unpaired) electrons. The van der Waals surface area contributed by atoms with Crippen molar-refractivity contribution in [2.24, 2.45) is 0 Å². The number of amides is 2. The van der Waals surface area contributed by atoms with Gasteiger partial charge in [-0.25, -0.2) is 9.29 Å². The molecule has 106 valence electrons. The fourth-order valence-corrected chi connectivity index (χ4v) is 2.81. The molecule has 1 heterocycles. The minimum absolute atomic E-state index is 0.163. The van der Waals surface area contributed by atoms with Gasteiger partial charge in [0.15, 0.2) is 0 Å². The Morgan fingerprint density at radius 1 is 1.19 bits per heavy atom. The molecule has 0 saturated carbocycles. The first kappa shape index (κ1) is 13.9. The highest BCUT2D eigenvalue weighted by molar-refractivity contribution is 9.10. The summed E-state index contributed by atoms with van der Waals surface area (Å²) in [6.45, 7) is 1.67. The fraction of sp³-hybridized carbons (Fsp3) is 0.125. The van der Waals surface area contributed by atoms with Crippen molar-refractivity contribution in [3.05, 3.63) is 63.4 Å². The second-order valence-electron chi connectivity index (χ2n) is 4.92. The van der Waals surface area contributed by atoms with Gasteiger partial charge >= 0.3 is 0 Å². The highest BCUT2D eigenvalue weighted by Crippen LogP contribution is 2.31. The molecule has 3 nitrogen and oxygen atoms in total. The molecular weight excluding hydrogens is 337 g/mol. The minimum Gasteiger partial charge on any atom is -0.274 e. The average Bonchev–Trinajstić information content (AvgIpc) is 2.44. The molecule has 2 aromatic rings. The Labute approximate surface area is 129 Å². The molecule has 0 saturated heterocycles. The lowest BCUT2D eigenvalue weighted by molar-refractivity contribution is -0.117. The van der Waals surface area contributed by atoms with E-state index in [0.29, 0.717) is 16.8 Å². The van der Waals surface area contributed by atoms with Gasteiger partial charge in [0.25, 0.3) is 5.91 Å².